The second kappa shape index (κ2) is 25.6. The zero-order valence-electron chi connectivity index (χ0n) is 38.2. The zero-order valence-corrected chi connectivity index (χ0v) is 42.1. The van der Waals surface area contributed by atoms with Gasteiger partial charge in [-0.25, -0.2) is 9.78 Å². The number of carboxylic acids is 1. The molecule has 0 aliphatic rings. The number of pyridine rings is 1. The summed E-state index contributed by atoms with van der Waals surface area (Å²) in [6.45, 7) is 1.47. The fraction of sp³-hybridized carbons (Fsp3) is 0.0862. The number of amides is 1. The number of aliphatic carboxylic acids is 1. The van der Waals surface area contributed by atoms with E-state index in [2.05, 4.69) is 34.1 Å². The number of benzene rings is 6. The summed E-state index contributed by atoms with van der Waals surface area (Å²) in [5.74, 6) is 0.545. The molecule has 0 aliphatic carbocycles. The highest BCUT2D eigenvalue weighted by Crippen LogP contribution is 2.44. The highest BCUT2D eigenvalue weighted by Gasteiger charge is 2.18. The molecule has 0 saturated carbocycles. The van der Waals surface area contributed by atoms with Gasteiger partial charge in [-0.2, -0.15) is 0 Å². The lowest BCUT2D eigenvalue weighted by Gasteiger charge is -2.17. The van der Waals surface area contributed by atoms with Crippen molar-refractivity contribution in [3.05, 3.63) is 237 Å². The van der Waals surface area contributed by atoms with E-state index in [1.54, 1.807) is 33.6 Å². The molecule has 2 N–H and O–H groups in total. The smallest absolute Gasteiger partial charge is 0.328 e. The number of nitrogens with one attached hydrogen (secondary N) is 1. The molecule has 0 unspecified atom stereocenters. The highest BCUT2D eigenvalue weighted by atomic mass is 35.5. The lowest BCUT2D eigenvalue weighted by molar-refractivity contribution is -0.378. The van der Waals surface area contributed by atoms with Gasteiger partial charge in [0, 0.05) is 78.8 Å². The van der Waals surface area contributed by atoms with Crippen LogP contribution in [0.4, 0.5) is 0 Å². The first-order valence-corrected chi connectivity index (χ1v) is 25.2. The van der Waals surface area contributed by atoms with Crippen molar-refractivity contribution in [1.29, 1.82) is 0 Å². The maximum absolute atomic E-state index is 13.0. The Kier molecular flexibility index (Phi) is 18.6. The maximum Gasteiger partial charge on any atom is 0.328 e. The van der Waals surface area contributed by atoms with Crippen LogP contribution in [0.3, 0.4) is 0 Å². The number of ether oxygens (including phenoxy) is 2. The fourth-order valence-electron chi connectivity index (χ4n) is 7.45. The number of halogens is 3. The van der Waals surface area contributed by atoms with Gasteiger partial charge in [-0.05, 0) is 117 Å². The highest BCUT2D eigenvalue weighted by molar-refractivity contribution is 7.14. The van der Waals surface area contributed by atoms with Gasteiger partial charge in [0.15, 0.2) is 12.4 Å². The predicted molar refractivity (Wildman–Crippen MR) is 289 cm³/mol. The summed E-state index contributed by atoms with van der Waals surface area (Å²) >= 11 is 20.6. The number of carbonyl (C=O) groups is 2. The molecule has 70 heavy (non-hydrogen) atoms. The monoisotopic (exact) mass is 1020 g/mol. The molecule has 0 fully saturated rings. The summed E-state index contributed by atoms with van der Waals surface area (Å²) < 4.78 is 12.4. The number of thiophene rings is 2. The number of H-pyrrole nitrogens is 1. The van der Waals surface area contributed by atoms with Crippen LogP contribution in [0.15, 0.2) is 199 Å². The Morgan fingerprint density at radius 2 is 1.14 bits per heavy atom. The first kappa shape index (κ1) is 50.9. The molecule has 6 aromatic carbocycles. The van der Waals surface area contributed by atoms with Crippen LogP contribution in [0, 0.1) is 0 Å². The fourth-order valence-corrected chi connectivity index (χ4v) is 9.62. The second-order valence-corrected chi connectivity index (χ2v) is 18.3. The van der Waals surface area contributed by atoms with Gasteiger partial charge < -0.3 is 19.5 Å². The zero-order chi connectivity index (χ0) is 49.2. The molecule has 12 heteroatoms. The molecule has 9 rings (SSSR count). The Morgan fingerprint density at radius 1 is 0.600 bits per heavy atom. The van der Waals surface area contributed by atoms with Crippen LogP contribution in [-0.2, 0) is 24.6 Å². The van der Waals surface area contributed by atoms with Crippen molar-refractivity contribution >= 4 is 75.4 Å². The van der Waals surface area contributed by atoms with E-state index in [0.29, 0.717) is 35.4 Å². The normalized spacial score (nSPS) is 10.6. The number of alkyl halides is 1. The van der Waals surface area contributed by atoms with Gasteiger partial charge in [0.05, 0.1) is 6.54 Å². The lowest BCUT2D eigenvalue weighted by Crippen LogP contribution is -2.26. The lowest BCUT2D eigenvalue weighted by atomic mass is 10.0. The van der Waals surface area contributed by atoms with Crippen molar-refractivity contribution < 1.29 is 29.2 Å². The van der Waals surface area contributed by atoms with Gasteiger partial charge in [-0.1, -0.05) is 114 Å². The summed E-state index contributed by atoms with van der Waals surface area (Å²) in [7, 11) is 1.82. The first-order chi connectivity index (χ1) is 34.2. The van der Waals surface area contributed by atoms with E-state index in [1.165, 1.54) is 6.38 Å². The molecule has 3 heterocycles. The summed E-state index contributed by atoms with van der Waals surface area (Å²) in [6, 6.07) is 55.1. The molecule has 0 atom stereocenters. The second-order valence-electron chi connectivity index (χ2n) is 15.6. The number of hydrogen-bond acceptors (Lipinski definition) is 6. The minimum absolute atomic E-state index is 0.0201. The van der Waals surface area contributed by atoms with E-state index >= 15 is 0 Å². The molecular weight excluding hydrogens is 975 g/mol. The molecule has 0 aliphatic heterocycles. The average molecular weight is 1020 g/mol. The van der Waals surface area contributed by atoms with Gasteiger partial charge >= 0.3 is 5.97 Å². The molecule has 0 saturated heterocycles. The Balaban J connectivity index is 0.000000202. The van der Waals surface area contributed by atoms with Gasteiger partial charge in [0.25, 0.3) is 5.91 Å². The summed E-state index contributed by atoms with van der Waals surface area (Å²) in [5.41, 5.74) is 10.7. The van der Waals surface area contributed by atoms with Crippen molar-refractivity contribution in [1.82, 2.24) is 4.90 Å². The largest absolute Gasteiger partial charge is 0.488 e. The van der Waals surface area contributed by atoms with Crippen LogP contribution >= 0.6 is 57.5 Å². The van der Waals surface area contributed by atoms with E-state index in [4.69, 9.17) is 37.8 Å². The average Bonchev–Trinajstić information content (AvgIpc) is 4.11. The Hall–Kier alpha value is -6.98. The summed E-state index contributed by atoms with van der Waals surface area (Å²) in [6.07, 6.45) is 7.96. The summed E-state index contributed by atoms with van der Waals surface area (Å²) in [4.78, 5) is 30.8. The van der Waals surface area contributed by atoms with Gasteiger partial charge in [-0.3, -0.25) is 4.79 Å². The van der Waals surface area contributed by atoms with Crippen LogP contribution in [0.2, 0.25) is 10.0 Å². The number of aromatic amines is 1. The third-order valence-electron chi connectivity index (χ3n) is 10.8. The standard InChI is InChI=1S/C31H25ClN2O2S.C26H19ClO3S.CH3Cl/c1-34(20-23-8-5-16-33-19-23)31(35)25-11-9-24(10-12-25)30-27(15-17-37-30)28-18-26(32)13-14-29(28)36-21-22-6-3-2-4-7-22;27-21-10-11-24(30-17-19-5-2-1-3-6-19)23(16-21)22-13-14-31-26(22)20-8-4-7-18(15-20)9-12-25(28)29;1-2/h2-19H,20-21H2,1H3;1-16H,17H2,(H,28,29);1H3/p+1/b;12-9+;. The first-order valence-electron chi connectivity index (χ1n) is 22.0. The molecule has 0 spiro atoms. The SMILES string of the molecule is CCl.CN(Cc1ccc[nH+]c1)C(=O)c1ccc(-c2sccc2-c2cc(Cl)ccc2OCc2ccccc2)cc1.O=C(O)/C=C/c1cccc(-c2sccc2-c2cc(Cl)ccc2OCc2ccccc2)c1. The Labute approximate surface area is 431 Å². The quantitative estimate of drug-likeness (QED) is 0.0816. The minimum Gasteiger partial charge on any atom is -0.488 e. The molecule has 1 amide bonds. The third-order valence-corrected chi connectivity index (χ3v) is 13.2. The number of aromatic nitrogens is 1. The van der Waals surface area contributed by atoms with Crippen LogP contribution < -0.4 is 14.5 Å². The number of nitrogens with zero attached hydrogens (tertiary/aromatic N) is 1. The molecule has 0 bridgehead atoms. The van der Waals surface area contributed by atoms with Crippen molar-refractivity contribution in [3.8, 4) is 54.6 Å². The van der Waals surface area contributed by atoms with Crippen LogP contribution in [-0.4, -0.2) is 35.3 Å². The molecule has 0 radical (unpaired) electrons. The Morgan fingerprint density at radius 3 is 1.67 bits per heavy atom. The van der Waals surface area contributed by atoms with Crippen molar-refractivity contribution in [3.63, 3.8) is 0 Å². The van der Waals surface area contributed by atoms with E-state index in [-0.39, 0.29) is 5.91 Å². The molecule has 9 aromatic rings. The topological polar surface area (TPSA) is 90.2 Å². The maximum atomic E-state index is 13.0. The minimum atomic E-state index is -0.971. The van der Waals surface area contributed by atoms with Gasteiger partial charge in [0.1, 0.15) is 24.7 Å². The molecule has 7 nitrogen and oxygen atoms in total. The van der Waals surface area contributed by atoms with Crippen LogP contribution in [0.1, 0.15) is 32.6 Å². The van der Waals surface area contributed by atoms with Gasteiger partial charge in [0.2, 0.25) is 0 Å². The molecule has 3 aromatic heterocycles. The number of rotatable bonds is 15. The van der Waals surface area contributed by atoms with Gasteiger partial charge in [-0.15, -0.1) is 34.3 Å². The molecular formula is C58H48Cl3N2O5S2+. The molecule has 352 valence electrons. The van der Waals surface area contributed by atoms with Crippen LogP contribution in [0.25, 0.3) is 49.2 Å². The number of hydrogen-bond donors (Lipinski definition) is 1. The Bertz CT molecular complexity index is 3140. The van der Waals surface area contributed by atoms with E-state index < -0.39 is 5.97 Å². The number of carboxylic acid groups (broad SMARTS) is 1. The van der Waals surface area contributed by atoms with E-state index in [0.717, 1.165) is 83.0 Å². The third kappa shape index (κ3) is 13.8. The van der Waals surface area contributed by atoms with Crippen molar-refractivity contribution in [2.45, 2.75) is 19.8 Å². The van der Waals surface area contributed by atoms with E-state index in [1.807, 2.05) is 183 Å². The number of carbonyl (C=O) groups excluding carboxylic acids is 1. The van der Waals surface area contributed by atoms with Crippen molar-refractivity contribution in [2.24, 2.45) is 0 Å². The van der Waals surface area contributed by atoms with Crippen molar-refractivity contribution in [2.75, 3.05) is 13.4 Å². The summed E-state index contributed by atoms with van der Waals surface area (Å²) in [5, 5.41) is 14.3. The van der Waals surface area contributed by atoms with E-state index in [9.17, 15) is 9.59 Å². The predicted octanol–water partition coefficient (Wildman–Crippen LogP) is 15.7. The van der Waals surface area contributed by atoms with Crippen LogP contribution in [0.5, 0.6) is 11.5 Å².